The van der Waals surface area contributed by atoms with Gasteiger partial charge in [-0.1, -0.05) is 44.2 Å². The first kappa shape index (κ1) is 24.6. The van der Waals surface area contributed by atoms with Gasteiger partial charge in [0.05, 0.1) is 34.0 Å². The lowest BCUT2D eigenvalue weighted by Crippen LogP contribution is -2.30. The lowest BCUT2D eigenvalue weighted by atomic mass is 10.2. The molecule has 0 amide bonds. The average molecular weight is 490 g/mol. The monoisotopic (exact) mass is 489 g/mol. The Morgan fingerprint density at radius 1 is 0.758 bits per heavy atom. The van der Waals surface area contributed by atoms with Crippen LogP contribution in [0.2, 0.25) is 0 Å². The summed E-state index contributed by atoms with van der Waals surface area (Å²) < 4.78 is 61.4. The number of nitrogens with one attached hydrogen (secondary N) is 2. The second kappa shape index (κ2) is 10.2. The summed E-state index contributed by atoms with van der Waals surface area (Å²) in [7, 11) is -6.24. The molecule has 8 nitrogen and oxygen atoms in total. The van der Waals surface area contributed by atoms with Crippen LogP contribution in [0.15, 0.2) is 82.6 Å². The van der Waals surface area contributed by atoms with Crippen molar-refractivity contribution in [2.45, 2.75) is 23.6 Å². The van der Waals surface area contributed by atoms with Gasteiger partial charge >= 0.3 is 0 Å². The molecule has 0 spiro atoms. The highest BCUT2D eigenvalue weighted by Gasteiger charge is 2.24. The van der Waals surface area contributed by atoms with Crippen molar-refractivity contribution >= 4 is 37.1 Å². The molecule has 0 aliphatic heterocycles. The van der Waals surface area contributed by atoms with Gasteiger partial charge in [0.1, 0.15) is 5.75 Å². The molecule has 0 radical (unpaired) electrons. The number of hydrogen-bond acceptors (Lipinski definition) is 6. The molecule has 176 valence electrons. The molecule has 0 saturated heterocycles. The minimum Gasteiger partial charge on any atom is -0.495 e. The van der Waals surface area contributed by atoms with Crippen LogP contribution in [0.25, 0.3) is 0 Å². The highest BCUT2D eigenvalue weighted by atomic mass is 32.2. The van der Waals surface area contributed by atoms with Crippen molar-refractivity contribution in [3.63, 3.8) is 0 Å². The molecule has 0 aliphatic rings. The van der Waals surface area contributed by atoms with Crippen LogP contribution in [-0.4, -0.2) is 41.3 Å². The largest absolute Gasteiger partial charge is 0.495 e. The normalized spacial score (nSPS) is 11.9. The van der Waals surface area contributed by atoms with E-state index >= 15 is 0 Å². The lowest BCUT2D eigenvalue weighted by molar-refractivity contribution is 0.417. The Morgan fingerprint density at radius 2 is 1.39 bits per heavy atom. The molecule has 0 fully saturated rings. The summed E-state index contributed by atoms with van der Waals surface area (Å²) in [6, 6.07) is 19.3. The van der Waals surface area contributed by atoms with Gasteiger partial charge in [-0.05, 0) is 42.5 Å². The van der Waals surface area contributed by atoms with Crippen LogP contribution in [0.1, 0.15) is 13.8 Å². The van der Waals surface area contributed by atoms with Crippen molar-refractivity contribution in [1.29, 1.82) is 0 Å². The lowest BCUT2D eigenvalue weighted by Gasteiger charge is -2.21. The summed E-state index contributed by atoms with van der Waals surface area (Å²) in [4.78, 5) is 0.0489. The molecule has 0 heterocycles. The predicted octanol–water partition coefficient (Wildman–Crippen LogP) is 4.27. The number of sulfonamides is 2. The van der Waals surface area contributed by atoms with Gasteiger partial charge < -0.3 is 10.1 Å². The van der Waals surface area contributed by atoms with Crippen LogP contribution < -0.4 is 14.8 Å². The van der Waals surface area contributed by atoms with Crippen LogP contribution in [-0.2, 0) is 20.0 Å². The van der Waals surface area contributed by atoms with Crippen molar-refractivity contribution < 1.29 is 21.6 Å². The van der Waals surface area contributed by atoms with Crippen LogP contribution >= 0.6 is 0 Å². The van der Waals surface area contributed by atoms with Gasteiger partial charge in [0.15, 0.2) is 0 Å². The van der Waals surface area contributed by atoms with Crippen molar-refractivity contribution in [2.24, 2.45) is 0 Å². The first-order valence-electron chi connectivity index (χ1n) is 10.3. The molecule has 10 heteroatoms. The number of anilines is 3. The maximum Gasteiger partial charge on any atom is 0.261 e. The fraction of sp³-hybridized carbons (Fsp3) is 0.217. The van der Waals surface area contributed by atoms with E-state index in [1.165, 1.54) is 41.7 Å². The molecule has 33 heavy (non-hydrogen) atoms. The van der Waals surface area contributed by atoms with Crippen LogP contribution in [0.5, 0.6) is 5.75 Å². The number of rotatable bonds is 10. The zero-order chi connectivity index (χ0) is 24.1. The minimum atomic E-state index is -3.97. The summed E-state index contributed by atoms with van der Waals surface area (Å²) in [5.74, 6) is 0.550. The van der Waals surface area contributed by atoms with Crippen LogP contribution in [0, 0.1) is 0 Å². The first-order chi connectivity index (χ1) is 15.7. The van der Waals surface area contributed by atoms with Gasteiger partial charge in [0, 0.05) is 13.1 Å². The summed E-state index contributed by atoms with van der Waals surface area (Å²) in [6.07, 6.45) is 0. The predicted molar refractivity (Wildman–Crippen MR) is 130 cm³/mol. The van der Waals surface area contributed by atoms with Crippen LogP contribution in [0.4, 0.5) is 17.1 Å². The quantitative estimate of drug-likeness (QED) is 0.441. The van der Waals surface area contributed by atoms with Crippen molar-refractivity contribution in [1.82, 2.24) is 4.31 Å². The smallest absolute Gasteiger partial charge is 0.261 e. The van der Waals surface area contributed by atoms with Crippen molar-refractivity contribution in [3.8, 4) is 5.75 Å². The van der Waals surface area contributed by atoms with E-state index in [1.54, 1.807) is 50.2 Å². The summed E-state index contributed by atoms with van der Waals surface area (Å²) in [6.45, 7) is 4.09. The maximum absolute atomic E-state index is 13.1. The summed E-state index contributed by atoms with van der Waals surface area (Å²) in [5, 5.41) is 3.14. The Hall–Kier alpha value is -3.08. The Balaban J connectivity index is 2.11. The molecule has 2 N–H and O–H groups in total. The summed E-state index contributed by atoms with van der Waals surface area (Å²) >= 11 is 0. The molecular weight excluding hydrogens is 462 g/mol. The molecule has 3 rings (SSSR count). The van der Waals surface area contributed by atoms with Crippen molar-refractivity contribution in [3.05, 3.63) is 72.8 Å². The van der Waals surface area contributed by atoms with E-state index in [1.807, 2.05) is 6.07 Å². The molecule has 0 bridgehead atoms. The molecule has 0 aliphatic carbocycles. The number of hydrogen-bond donors (Lipinski definition) is 2. The molecule has 0 aromatic heterocycles. The average Bonchev–Trinajstić information content (AvgIpc) is 2.81. The number of nitrogens with zero attached hydrogens (tertiary/aromatic N) is 1. The van der Waals surface area contributed by atoms with Gasteiger partial charge in [-0.2, -0.15) is 4.31 Å². The van der Waals surface area contributed by atoms with Gasteiger partial charge in [-0.15, -0.1) is 0 Å². The number of para-hydroxylation sites is 2. The summed E-state index contributed by atoms with van der Waals surface area (Å²) in [5.41, 5.74) is 1.06. The van der Waals surface area contributed by atoms with E-state index in [0.717, 1.165) is 0 Å². The first-order valence-corrected chi connectivity index (χ1v) is 13.3. The fourth-order valence-electron chi connectivity index (χ4n) is 3.29. The second-order valence-corrected chi connectivity index (χ2v) is 10.7. The third-order valence-electron chi connectivity index (χ3n) is 5.01. The van der Waals surface area contributed by atoms with Gasteiger partial charge in [-0.25, -0.2) is 16.8 Å². The Labute approximate surface area is 195 Å². The Morgan fingerprint density at radius 3 is 2.03 bits per heavy atom. The molecule has 0 unspecified atom stereocenters. The zero-order valence-electron chi connectivity index (χ0n) is 18.6. The SMILES string of the molecule is CCN(CC)S(=O)(=O)c1ccc(Nc2ccccc2OC)c(NS(=O)(=O)c2ccccc2)c1. The van der Waals surface area contributed by atoms with E-state index in [9.17, 15) is 16.8 Å². The molecule has 0 atom stereocenters. The minimum absolute atomic E-state index is 0.0115. The molecular formula is C23H27N3O5S2. The number of benzene rings is 3. The number of ether oxygens (including phenoxy) is 1. The fourth-order valence-corrected chi connectivity index (χ4v) is 5.86. The van der Waals surface area contributed by atoms with E-state index in [4.69, 9.17) is 4.74 Å². The van der Waals surface area contributed by atoms with E-state index in [0.29, 0.717) is 30.2 Å². The standard InChI is InChI=1S/C23H27N3O5S2/c1-4-26(5-2)33(29,30)19-15-16-20(24-21-13-9-10-14-23(21)31-3)22(17-19)25-32(27,28)18-11-7-6-8-12-18/h6-17,24-25H,4-5H2,1-3H3. The highest BCUT2D eigenvalue weighted by Crippen LogP contribution is 2.34. The topological polar surface area (TPSA) is 105 Å². The van der Waals surface area contributed by atoms with Gasteiger partial charge in [-0.3, -0.25) is 4.72 Å². The molecule has 3 aromatic carbocycles. The third-order valence-corrected chi connectivity index (χ3v) is 8.44. The van der Waals surface area contributed by atoms with Crippen molar-refractivity contribution in [2.75, 3.05) is 30.2 Å². The van der Waals surface area contributed by atoms with Gasteiger partial charge in [0.2, 0.25) is 10.0 Å². The maximum atomic E-state index is 13.1. The number of methoxy groups -OCH3 is 1. The van der Waals surface area contributed by atoms with E-state index < -0.39 is 20.0 Å². The van der Waals surface area contributed by atoms with E-state index in [2.05, 4.69) is 10.0 Å². The molecule has 0 saturated carbocycles. The Bertz CT molecular complexity index is 1310. The second-order valence-electron chi connectivity index (χ2n) is 7.04. The van der Waals surface area contributed by atoms with Gasteiger partial charge in [0.25, 0.3) is 10.0 Å². The highest BCUT2D eigenvalue weighted by molar-refractivity contribution is 7.92. The van der Waals surface area contributed by atoms with E-state index in [-0.39, 0.29) is 15.5 Å². The van der Waals surface area contributed by atoms with Crippen LogP contribution in [0.3, 0.4) is 0 Å². The third kappa shape index (κ3) is 5.47. The zero-order valence-corrected chi connectivity index (χ0v) is 20.3. The molecule has 3 aromatic rings. The Kier molecular flexibility index (Phi) is 7.62.